The minimum absolute atomic E-state index is 0.0144. The molecule has 156 valence electrons. The number of rotatable bonds is 1. The maximum atomic E-state index is 12.9. The van der Waals surface area contributed by atoms with Crippen LogP contribution >= 0.6 is 0 Å². The molecule has 1 unspecified atom stereocenters. The van der Waals surface area contributed by atoms with E-state index in [2.05, 4.69) is 0 Å². The number of ether oxygens (including phenoxy) is 2. The lowest BCUT2D eigenvalue weighted by atomic mass is 9.76. The largest absolute Gasteiger partial charge is 0.508 e. The molecule has 0 saturated heterocycles. The number of phenolic OH excluding ortho intramolecular Hbond substituents is 2. The van der Waals surface area contributed by atoms with Gasteiger partial charge in [0.2, 0.25) is 0 Å². The number of hydrogen-bond donors (Lipinski definition) is 3. The Morgan fingerprint density at radius 3 is 2.38 bits per heavy atom. The second-order valence-corrected chi connectivity index (χ2v) is 7.77. The van der Waals surface area contributed by atoms with Crippen molar-refractivity contribution in [2.45, 2.75) is 5.60 Å². The lowest BCUT2D eigenvalue weighted by molar-refractivity contribution is 0.0225. The first-order valence-corrected chi connectivity index (χ1v) is 9.77. The second kappa shape index (κ2) is 6.01. The summed E-state index contributed by atoms with van der Waals surface area (Å²) in [5.74, 6) is -1.00. The molecule has 1 spiro atoms. The summed E-state index contributed by atoms with van der Waals surface area (Å²) in [5.41, 5.74) is 0.185. The van der Waals surface area contributed by atoms with Gasteiger partial charge in [0.1, 0.15) is 23.0 Å². The molecule has 2 aliphatic rings. The number of carboxylic acid groups (broad SMARTS) is 1. The van der Waals surface area contributed by atoms with Gasteiger partial charge in [-0.15, -0.1) is 0 Å². The van der Waals surface area contributed by atoms with E-state index in [4.69, 9.17) is 9.47 Å². The Hall–Kier alpha value is -4.52. The van der Waals surface area contributed by atoms with Gasteiger partial charge in [0.15, 0.2) is 5.60 Å². The summed E-state index contributed by atoms with van der Waals surface area (Å²) >= 11 is 0. The first-order chi connectivity index (χ1) is 15.4. The number of aromatic carboxylic acids is 1. The van der Waals surface area contributed by atoms with Gasteiger partial charge in [0.25, 0.3) is 0 Å². The topological polar surface area (TPSA) is 113 Å². The summed E-state index contributed by atoms with van der Waals surface area (Å²) in [6.45, 7) is 0. The number of fused-ring (bicyclic) bond motifs is 8. The van der Waals surface area contributed by atoms with Crippen LogP contribution in [0, 0.1) is 0 Å². The third-order valence-electron chi connectivity index (χ3n) is 6.00. The van der Waals surface area contributed by atoms with E-state index in [1.165, 1.54) is 36.4 Å². The van der Waals surface area contributed by atoms with Crippen LogP contribution in [0.1, 0.15) is 37.4 Å². The molecule has 4 aromatic carbocycles. The first kappa shape index (κ1) is 18.3. The van der Waals surface area contributed by atoms with E-state index in [-0.39, 0.29) is 28.4 Å². The molecule has 0 bridgehead atoms. The first-order valence-electron chi connectivity index (χ1n) is 9.77. The number of carbonyl (C=O) groups is 2. The molecule has 0 fully saturated rings. The van der Waals surface area contributed by atoms with Crippen LogP contribution < -0.4 is 4.74 Å². The molecule has 7 nitrogen and oxygen atoms in total. The van der Waals surface area contributed by atoms with Crippen molar-refractivity contribution < 1.29 is 34.4 Å². The van der Waals surface area contributed by atoms with E-state index in [1.807, 2.05) is 0 Å². The summed E-state index contributed by atoms with van der Waals surface area (Å²) < 4.78 is 12.2. The summed E-state index contributed by atoms with van der Waals surface area (Å²) in [5, 5.41) is 30.9. The summed E-state index contributed by atoms with van der Waals surface area (Å²) in [4.78, 5) is 24.6. The Balaban J connectivity index is 1.76. The second-order valence-electron chi connectivity index (χ2n) is 7.77. The average molecular weight is 426 g/mol. The molecular weight excluding hydrogens is 412 g/mol. The standard InChI is InChI=1S/C25H14O7/c26-14-3-6-16-12(9-14)2-7-19-22(16)31-21-11-15(27)4-8-18(21)25(19)20-10-13(23(28)29)1-5-17(20)24(30)32-25/h1-11,26-27H,(H,28,29). The summed E-state index contributed by atoms with van der Waals surface area (Å²) in [6, 6.07) is 17.0. The van der Waals surface area contributed by atoms with E-state index in [0.717, 1.165) is 0 Å². The van der Waals surface area contributed by atoms with E-state index in [0.29, 0.717) is 33.2 Å². The fourth-order valence-corrected chi connectivity index (χ4v) is 4.61. The highest BCUT2D eigenvalue weighted by Gasteiger charge is 2.54. The predicted molar refractivity (Wildman–Crippen MR) is 112 cm³/mol. The molecule has 32 heavy (non-hydrogen) atoms. The van der Waals surface area contributed by atoms with Crippen molar-refractivity contribution in [1.82, 2.24) is 0 Å². The van der Waals surface area contributed by atoms with Gasteiger partial charge in [-0.2, -0.15) is 0 Å². The Morgan fingerprint density at radius 1 is 0.812 bits per heavy atom. The molecular formula is C25H14O7. The van der Waals surface area contributed by atoms with E-state index in [1.54, 1.807) is 30.3 Å². The number of carbonyl (C=O) groups excluding carboxylic acids is 1. The van der Waals surface area contributed by atoms with Crippen molar-refractivity contribution in [2.75, 3.05) is 0 Å². The molecule has 0 amide bonds. The van der Waals surface area contributed by atoms with Crippen LogP contribution in [0.25, 0.3) is 10.8 Å². The van der Waals surface area contributed by atoms with Gasteiger partial charge >= 0.3 is 11.9 Å². The van der Waals surface area contributed by atoms with Crippen molar-refractivity contribution >= 4 is 22.7 Å². The highest BCUT2D eigenvalue weighted by Crippen LogP contribution is 2.58. The SMILES string of the molecule is O=C(O)c1ccc2c(c1)C1(OC2=O)c2ccc(O)cc2Oc2c1ccc1cc(O)ccc21. The molecule has 4 aromatic rings. The Morgan fingerprint density at radius 2 is 1.56 bits per heavy atom. The number of phenols is 2. The van der Waals surface area contributed by atoms with Gasteiger partial charge < -0.3 is 24.8 Å². The minimum atomic E-state index is -1.46. The maximum absolute atomic E-state index is 12.9. The summed E-state index contributed by atoms with van der Waals surface area (Å²) in [7, 11) is 0. The van der Waals surface area contributed by atoms with Crippen molar-refractivity contribution in [3.63, 3.8) is 0 Å². The number of esters is 1. The van der Waals surface area contributed by atoms with Gasteiger partial charge in [-0.1, -0.05) is 6.07 Å². The lowest BCUT2D eigenvalue weighted by Gasteiger charge is -2.37. The van der Waals surface area contributed by atoms with Crippen molar-refractivity contribution in [2.24, 2.45) is 0 Å². The third-order valence-corrected chi connectivity index (χ3v) is 6.00. The normalized spacial score (nSPS) is 17.9. The Labute approximate surface area is 180 Å². The van der Waals surface area contributed by atoms with Crippen LogP contribution in [-0.4, -0.2) is 27.3 Å². The average Bonchev–Trinajstić information content (AvgIpc) is 3.05. The molecule has 7 heteroatoms. The highest BCUT2D eigenvalue weighted by molar-refractivity contribution is 6.00. The van der Waals surface area contributed by atoms with Crippen LogP contribution in [0.3, 0.4) is 0 Å². The van der Waals surface area contributed by atoms with Crippen LogP contribution in [0.4, 0.5) is 0 Å². The van der Waals surface area contributed by atoms with Crippen molar-refractivity contribution in [1.29, 1.82) is 0 Å². The fraction of sp³-hybridized carbons (Fsp3) is 0.0400. The molecule has 0 aromatic heterocycles. The Kier molecular flexibility index (Phi) is 3.43. The fourth-order valence-electron chi connectivity index (χ4n) is 4.61. The molecule has 0 radical (unpaired) electrons. The molecule has 6 rings (SSSR count). The highest BCUT2D eigenvalue weighted by atomic mass is 16.6. The van der Waals surface area contributed by atoms with Crippen LogP contribution in [-0.2, 0) is 10.3 Å². The van der Waals surface area contributed by atoms with Gasteiger partial charge in [-0.25, -0.2) is 9.59 Å². The van der Waals surface area contributed by atoms with Crippen LogP contribution in [0.5, 0.6) is 23.0 Å². The van der Waals surface area contributed by atoms with Gasteiger partial charge in [0.05, 0.1) is 11.1 Å². The zero-order valence-corrected chi connectivity index (χ0v) is 16.3. The molecule has 3 N–H and O–H groups in total. The van der Waals surface area contributed by atoms with Gasteiger partial charge in [0, 0.05) is 28.1 Å². The minimum Gasteiger partial charge on any atom is -0.508 e. The molecule has 2 heterocycles. The quantitative estimate of drug-likeness (QED) is 0.384. The number of carboxylic acids is 1. The van der Waals surface area contributed by atoms with Crippen molar-refractivity contribution in [3.8, 4) is 23.0 Å². The zero-order chi connectivity index (χ0) is 22.2. The number of aromatic hydroxyl groups is 2. The Bertz CT molecular complexity index is 1500. The number of benzene rings is 4. The van der Waals surface area contributed by atoms with Gasteiger partial charge in [-0.05, 0) is 60.0 Å². The smallest absolute Gasteiger partial charge is 0.340 e. The third kappa shape index (κ3) is 2.24. The predicted octanol–water partition coefficient (Wildman–Crippen LogP) is 4.52. The number of hydrogen-bond acceptors (Lipinski definition) is 6. The maximum Gasteiger partial charge on any atom is 0.340 e. The van der Waals surface area contributed by atoms with Crippen LogP contribution in [0.15, 0.2) is 66.7 Å². The zero-order valence-electron chi connectivity index (χ0n) is 16.3. The van der Waals surface area contributed by atoms with Gasteiger partial charge in [-0.3, -0.25) is 0 Å². The molecule has 2 aliphatic heterocycles. The van der Waals surface area contributed by atoms with Crippen LogP contribution in [0.2, 0.25) is 0 Å². The lowest BCUT2D eigenvalue weighted by Crippen LogP contribution is -2.33. The summed E-state index contributed by atoms with van der Waals surface area (Å²) in [6.07, 6.45) is 0. The van der Waals surface area contributed by atoms with E-state index < -0.39 is 17.5 Å². The monoisotopic (exact) mass is 426 g/mol. The van der Waals surface area contributed by atoms with E-state index >= 15 is 0 Å². The van der Waals surface area contributed by atoms with Crippen molar-refractivity contribution in [3.05, 3.63) is 94.5 Å². The van der Waals surface area contributed by atoms with E-state index in [9.17, 15) is 24.9 Å². The molecule has 1 atom stereocenters. The molecule has 0 saturated carbocycles. The molecule has 0 aliphatic carbocycles.